The number of carbonyl (C=O) groups is 1. The molecule has 1 heterocycles. The third-order valence-corrected chi connectivity index (χ3v) is 2.85. The van der Waals surface area contributed by atoms with Crippen LogP contribution in [-0.2, 0) is 22.1 Å². The maximum atomic E-state index is 12.4. The maximum Gasteiger partial charge on any atom is 0.417 e. The first-order chi connectivity index (χ1) is 7.84. The monoisotopic (exact) mass is 359 g/mol. The maximum absolute atomic E-state index is 12.4. The molecule has 7 heteroatoms. The van der Waals surface area contributed by atoms with E-state index in [4.69, 9.17) is 0 Å². The van der Waals surface area contributed by atoms with Gasteiger partial charge in [0.25, 0.3) is 0 Å². The second kappa shape index (κ2) is 5.65. The highest BCUT2D eigenvalue weighted by molar-refractivity contribution is 14.1. The summed E-state index contributed by atoms with van der Waals surface area (Å²) in [5.41, 5.74) is -0.643. The molecule has 0 amide bonds. The Labute approximate surface area is 110 Å². The van der Waals surface area contributed by atoms with Crippen LogP contribution < -0.4 is 0 Å². The highest BCUT2D eigenvalue weighted by atomic mass is 127. The number of esters is 1. The van der Waals surface area contributed by atoms with E-state index in [0.29, 0.717) is 3.70 Å². The lowest BCUT2D eigenvalue weighted by molar-refractivity contribution is -0.142. The molecule has 0 aliphatic rings. The molecule has 0 unspecified atom stereocenters. The highest BCUT2D eigenvalue weighted by Gasteiger charge is 2.31. The third-order valence-electron chi connectivity index (χ3n) is 1.88. The molecule has 1 aromatic rings. The van der Waals surface area contributed by atoms with Crippen molar-refractivity contribution in [2.24, 2.45) is 0 Å². The fourth-order valence-corrected chi connectivity index (χ4v) is 1.63. The Balaban J connectivity index is 2.95. The Hall–Kier alpha value is -0.860. The summed E-state index contributed by atoms with van der Waals surface area (Å²) < 4.78 is 42.3. The Morgan fingerprint density at radius 2 is 2.18 bits per heavy atom. The number of ether oxygens (including phenoxy) is 1. The molecule has 1 aromatic heterocycles. The minimum absolute atomic E-state index is 0.196. The van der Waals surface area contributed by atoms with Gasteiger partial charge >= 0.3 is 12.1 Å². The van der Waals surface area contributed by atoms with Gasteiger partial charge in [0, 0.05) is 6.20 Å². The van der Waals surface area contributed by atoms with E-state index < -0.39 is 17.7 Å². The van der Waals surface area contributed by atoms with Crippen LogP contribution in [0.3, 0.4) is 0 Å². The fourth-order valence-electron chi connectivity index (χ4n) is 1.14. The SMILES string of the molecule is CCOC(=O)Cc1cc(C(F)(F)F)cnc1I. The Morgan fingerprint density at radius 3 is 2.71 bits per heavy atom. The van der Waals surface area contributed by atoms with Crippen molar-refractivity contribution in [3.63, 3.8) is 0 Å². The lowest BCUT2D eigenvalue weighted by Crippen LogP contribution is -2.12. The summed E-state index contributed by atoms with van der Waals surface area (Å²) in [7, 11) is 0. The number of aromatic nitrogens is 1. The van der Waals surface area contributed by atoms with Crippen molar-refractivity contribution in [3.8, 4) is 0 Å². The van der Waals surface area contributed by atoms with Crippen LogP contribution in [0, 0.1) is 3.70 Å². The predicted octanol–water partition coefficient (Wildman–Crippen LogP) is 2.81. The molecule has 94 valence electrons. The molecule has 0 atom stereocenters. The lowest BCUT2D eigenvalue weighted by Gasteiger charge is -2.09. The fraction of sp³-hybridized carbons (Fsp3) is 0.400. The third kappa shape index (κ3) is 4.14. The van der Waals surface area contributed by atoms with Crippen molar-refractivity contribution < 1.29 is 22.7 Å². The van der Waals surface area contributed by atoms with E-state index in [9.17, 15) is 18.0 Å². The van der Waals surface area contributed by atoms with Crippen molar-refractivity contribution in [3.05, 3.63) is 27.1 Å². The Bertz CT molecular complexity index is 421. The first-order valence-electron chi connectivity index (χ1n) is 4.71. The molecule has 1 rings (SSSR count). The van der Waals surface area contributed by atoms with E-state index in [1.54, 1.807) is 29.5 Å². The molecule has 3 nitrogen and oxygen atoms in total. The molecule has 0 bridgehead atoms. The number of carbonyl (C=O) groups excluding carboxylic acids is 1. The number of alkyl halides is 3. The van der Waals surface area contributed by atoms with Gasteiger partial charge < -0.3 is 4.74 Å². The number of halogens is 4. The molecule has 0 spiro atoms. The number of hydrogen-bond acceptors (Lipinski definition) is 3. The van der Waals surface area contributed by atoms with Crippen LogP contribution in [0.4, 0.5) is 13.2 Å². The van der Waals surface area contributed by atoms with E-state index >= 15 is 0 Å². The average Bonchev–Trinajstić information content (AvgIpc) is 2.20. The predicted molar refractivity (Wildman–Crippen MR) is 62.3 cm³/mol. The van der Waals surface area contributed by atoms with Crippen LogP contribution in [0.15, 0.2) is 12.3 Å². The van der Waals surface area contributed by atoms with Crippen LogP contribution >= 0.6 is 22.6 Å². The molecule has 0 aromatic carbocycles. The van der Waals surface area contributed by atoms with Gasteiger partial charge in [0.2, 0.25) is 0 Å². The van der Waals surface area contributed by atoms with Crippen molar-refractivity contribution in [2.75, 3.05) is 6.61 Å². The van der Waals surface area contributed by atoms with Gasteiger partial charge in [0.1, 0.15) is 3.70 Å². The van der Waals surface area contributed by atoms with E-state index in [1.165, 1.54) is 0 Å². The number of hydrogen-bond donors (Lipinski definition) is 0. The topological polar surface area (TPSA) is 39.2 Å². The average molecular weight is 359 g/mol. The van der Waals surface area contributed by atoms with Crippen LogP contribution in [0.5, 0.6) is 0 Å². The standard InChI is InChI=1S/C10H9F3INO2/c1-2-17-8(16)4-6-3-7(10(11,12)13)5-15-9(6)14/h3,5H,2,4H2,1H3. The van der Waals surface area contributed by atoms with E-state index in [-0.39, 0.29) is 18.6 Å². The van der Waals surface area contributed by atoms with Crippen LogP contribution in [0.2, 0.25) is 0 Å². The molecule has 0 aliphatic carbocycles. The van der Waals surface area contributed by atoms with Crippen molar-refractivity contribution in [2.45, 2.75) is 19.5 Å². The van der Waals surface area contributed by atoms with Gasteiger partial charge in [-0.15, -0.1) is 0 Å². The van der Waals surface area contributed by atoms with Crippen LogP contribution in [-0.4, -0.2) is 17.6 Å². The van der Waals surface area contributed by atoms with Gasteiger partial charge in [-0.3, -0.25) is 4.79 Å². The van der Waals surface area contributed by atoms with Gasteiger partial charge in [0.05, 0.1) is 18.6 Å². The summed E-state index contributed by atoms with van der Waals surface area (Å²) in [6.07, 6.45) is -3.92. The molecule has 0 saturated carbocycles. The summed E-state index contributed by atoms with van der Waals surface area (Å²) >= 11 is 1.78. The van der Waals surface area contributed by atoms with E-state index in [0.717, 1.165) is 12.3 Å². The molecule has 17 heavy (non-hydrogen) atoms. The van der Waals surface area contributed by atoms with Crippen molar-refractivity contribution in [1.29, 1.82) is 0 Å². The Morgan fingerprint density at radius 1 is 1.53 bits per heavy atom. The summed E-state index contributed by atoms with van der Waals surface area (Å²) in [6, 6.07) is 0.922. The van der Waals surface area contributed by atoms with Gasteiger partial charge in [-0.1, -0.05) is 0 Å². The summed E-state index contributed by atoms with van der Waals surface area (Å²) in [5, 5.41) is 0. The molecular formula is C10H9F3INO2. The van der Waals surface area contributed by atoms with Gasteiger partial charge in [-0.25, -0.2) is 4.98 Å². The quantitative estimate of drug-likeness (QED) is 0.473. The number of nitrogens with zero attached hydrogens (tertiary/aromatic N) is 1. The molecular weight excluding hydrogens is 350 g/mol. The van der Waals surface area contributed by atoms with Crippen LogP contribution in [0.1, 0.15) is 18.1 Å². The zero-order valence-electron chi connectivity index (χ0n) is 8.84. The Kier molecular flexibility index (Phi) is 4.72. The van der Waals surface area contributed by atoms with Gasteiger partial charge in [0.15, 0.2) is 0 Å². The lowest BCUT2D eigenvalue weighted by atomic mass is 10.1. The zero-order valence-corrected chi connectivity index (χ0v) is 11.0. The second-order valence-corrected chi connectivity index (χ2v) is 4.18. The largest absolute Gasteiger partial charge is 0.466 e. The minimum atomic E-state index is -4.46. The van der Waals surface area contributed by atoms with Gasteiger partial charge in [-0.2, -0.15) is 13.2 Å². The summed E-state index contributed by atoms with van der Waals surface area (Å²) in [4.78, 5) is 14.8. The molecule has 0 fully saturated rings. The first kappa shape index (κ1) is 14.2. The molecule has 0 N–H and O–H groups in total. The first-order valence-corrected chi connectivity index (χ1v) is 5.79. The smallest absolute Gasteiger partial charge is 0.417 e. The van der Waals surface area contributed by atoms with Crippen molar-refractivity contribution in [1.82, 2.24) is 4.98 Å². The molecule has 0 radical (unpaired) electrons. The van der Waals surface area contributed by atoms with E-state index in [2.05, 4.69) is 9.72 Å². The summed E-state index contributed by atoms with van der Waals surface area (Å²) in [5.74, 6) is -0.563. The van der Waals surface area contributed by atoms with E-state index in [1.807, 2.05) is 0 Å². The second-order valence-electron chi connectivity index (χ2n) is 3.15. The zero-order chi connectivity index (χ0) is 13.1. The van der Waals surface area contributed by atoms with Crippen molar-refractivity contribution >= 4 is 28.6 Å². The molecule has 0 saturated heterocycles. The highest BCUT2D eigenvalue weighted by Crippen LogP contribution is 2.30. The van der Waals surface area contributed by atoms with Gasteiger partial charge in [-0.05, 0) is 41.1 Å². The normalized spacial score (nSPS) is 11.4. The number of rotatable bonds is 3. The number of pyridine rings is 1. The molecule has 0 aliphatic heterocycles. The van der Waals surface area contributed by atoms with Crippen LogP contribution in [0.25, 0.3) is 0 Å². The summed E-state index contributed by atoms with van der Waals surface area (Å²) in [6.45, 7) is 1.83. The minimum Gasteiger partial charge on any atom is -0.466 e.